The van der Waals surface area contributed by atoms with E-state index in [-0.39, 0.29) is 12.0 Å². The fraction of sp³-hybridized carbons (Fsp3) is 0.353. The zero-order valence-corrected chi connectivity index (χ0v) is 12.9. The van der Waals surface area contributed by atoms with Crippen LogP contribution in [0.5, 0.6) is 0 Å². The van der Waals surface area contributed by atoms with Crippen molar-refractivity contribution in [2.24, 2.45) is 0 Å². The first-order valence-electron chi connectivity index (χ1n) is 7.82. The Morgan fingerprint density at radius 3 is 2.61 bits per heavy atom. The Bertz CT molecular complexity index is 625. The molecule has 1 fully saturated rings. The van der Waals surface area contributed by atoms with E-state index < -0.39 is 0 Å². The van der Waals surface area contributed by atoms with Crippen LogP contribution >= 0.6 is 0 Å². The highest BCUT2D eigenvalue weighted by Crippen LogP contribution is 2.13. The van der Waals surface area contributed by atoms with Crippen LogP contribution in [0.25, 0.3) is 0 Å². The predicted molar refractivity (Wildman–Crippen MR) is 88.3 cm³/mol. The first-order chi connectivity index (χ1) is 11.3. The van der Waals surface area contributed by atoms with Gasteiger partial charge in [0, 0.05) is 13.2 Å². The number of carbonyl (C=O) groups is 1. The molecule has 2 N–H and O–H groups in total. The van der Waals surface area contributed by atoms with Crippen LogP contribution < -0.4 is 10.6 Å². The van der Waals surface area contributed by atoms with Crippen molar-refractivity contribution in [1.82, 2.24) is 10.2 Å². The van der Waals surface area contributed by atoms with Crippen molar-refractivity contribution in [3.8, 4) is 0 Å². The molecule has 1 saturated heterocycles. The molecule has 6 nitrogen and oxygen atoms in total. The molecule has 3 rings (SSSR count). The summed E-state index contributed by atoms with van der Waals surface area (Å²) in [7, 11) is 0. The van der Waals surface area contributed by atoms with Gasteiger partial charge < -0.3 is 15.4 Å². The molecule has 1 aliphatic rings. The molecule has 0 saturated carbocycles. The van der Waals surface area contributed by atoms with Crippen LogP contribution in [0.15, 0.2) is 42.5 Å². The van der Waals surface area contributed by atoms with Gasteiger partial charge in [0.25, 0.3) is 0 Å². The minimum atomic E-state index is -0.106. The number of hydrogen-bond acceptors (Lipinski definition) is 5. The Morgan fingerprint density at radius 2 is 1.91 bits per heavy atom. The molecule has 1 unspecified atom stereocenters. The molecule has 0 radical (unpaired) electrons. The molecule has 1 aromatic carbocycles. The van der Waals surface area contributed by atoms with Gasteiger partial charge in [-0.15, -0.1) is 10.2 Å². The zero-order valence-electron chi connectivity index (χ0n) is 12.9. The van der Waals surface area contributed by atoms with Crippen molar-refractivity contribution in [2.45, 2.75) is 25.4 Å². The molecule has 6 heteroatoms. The Balaban J connectivity index is 1.47. The van der Waals surface area contributed by atoms with Crippen molar-refractivity contribution in [2.75, 3.05) is 23.8 Å². The van der Waals surface area contributed by atoms with Crippen LogP contribution in [-0.4, -0.2) is 35.4 Å². The molecule has 1 atom stereocenters. The second-order valence-corrected chi connectivity index (χ2v) is 5.53. The second kappa shape index (κ2) is 7.69. The van der Waals surface area contributed by atoms with Crippen LogP contribution in [-0.2, 0) is 16.0 Å². The number of carbonyl (C=O) groups excluding carboxylic acids is 1. The van der Waals surface area contributed by atoms with Gasteiger partial charge in [-0.2, -0.15) is 0 Å². The molecule has 0 bridgehead atoms. The lowest BCUT2D eigenvalue weighted by Gasteiger charge is -2.11. The number of benzene rings is 1. The quantitative estimate of drug-likeness (QED) is 0.855. The Morgan fingerprint density at radius 1 is 1.13 bits per heavy atom. The summed E-state index contributed by atoms with van der Waals surface area (Å²) in [5, 5.41) is 14.0. The lowest BCUT2D eigenvalue weighted by atomic mass is 10.1. The molecule has 0 spiro atoms. The molecule has 0 aliphatic carbocycles. The maximum Gasteiger partial charge on any atom is 0.229 e. The summed E-state index contributed by atoms with van der Waals surface area (Å²) in [6.45, 7) is 1.57. The average molecular weight is 312 g/mol. The lowest BCUT2D eigenvalue weighted by molar-refractivity contribution is -0.115. The van der Waals surface area contributed by atoms with Crippen LogP contribution in [0, 0.1) is 0 Å². The number of amides is 1. The third kappa shape index (κ3) is 4.75. The highest BCUT2D eigenvalue weighted by molar-refractivity contribution is 5.91. The van der Waals surface area contributed by atoms with Gasteiger partial charge in [-0.1, -0.05) is 30.3 Å². The van der Waals surface area contributed by atoms with Gasteiger partial charge in [0.2, 0.25) is 5.91 Å². The second-order valence-electron chi connectivity index (χ2n) is 5.53. The van der Waals surface area contributed by atoms with E-state index in [4.69, 9.17) is 4.74 Å². The monoisotopic (exact) mass is 312 g/mol. The molecule has 2 heterocycles. The molecular weight excluding hydrogens is 292 g/mol. The average Bonchev–Trinajstić information content (AvgIpc) is 3.08. The first-order valence-corrected chi connectivity index (χ1v) is 7.82. The van der Waals surface area contributed by atoms with Crippen LogP contribution in [0.3, 0.4) is 0 Å². The molecule has 1 amide bonds. The molecule has 23 heavy (non-hydrogen) atoms. The van der Waals surface area contributed by atoms with Gasteiger partial charge in [0.15, 0.2) is 5.82 Å². The number of hydrogen-bond donors (Lipinski definition) is 2. The van der Waals surface area contributed by atoms with Crippen molar-refractivity contribution in [1.29, 1.82) is 0 Å². The van der Waals surface area contributed by atoms with E-state index in [1.54, 1.807) is 12.1 Å². The van der Waals surface area contributed by atoms with Gasteiger partial charge in [0.1, 0.15) is 5.82 Å². The van der Waals surface area contributed by atoms with E-state index in [0.29, 0.717) is 18.1 Å². The standard InChI is InChI=1S/C17H20N4O2/c22-17(11-13-5-2-1-3-6-13)19-16-9-8-15(20-21-16)18-12-14-7-4-10-23-14/h1-3,5-6,8-9,14H,4,7,10-12H2,(H,18,20)(H,19,21,22). The van der Waals surface area contributed by atoms with Crippen molar-refractivity contribution in [3.63, 3.8) is 0 Å². The number of ether oxygens (including phenoxy) is 1. The summed E-state index contributed by atoms with van der Waals surface area (Å²) in [6.07, 6.45) is 2.77. The first kappa shape index (κ1) is 15.4. The highest BCUT2D eigenvalue weighted by Gasteiger charge is 2.15. The van der Waals surface area contributed by atoms with Gasteiger partial charge >= 0.3 is 0 Å². The fourth-order valence-corrected chi connectivity index (χ4v) is 2.49. The van der Waals surface area contributed by atoms with Crippen LogP contribution in [0.2, 0.25) is 0 Å². The van der Waals surface area contributed by atoms with Gasteiger partial charge in [-0.25, -0.2) is 0 Å². The molecular formula is C17H20N4O2. The normalized spacial score (nSPS) is 17.0. The SMILES string of the molecule is O=C(Cc1ccccc1)Nc1ccc(NCC2CCCO2)nn1. The third-order valence-corrected chi connectivity index (χ3v) is 3.67. The van der Waals surface area contributed by atoms with Gasteiger partial charge in [-0.05, 0) is 30.5 Å². The summed E-state index contributed by atoms with van der Waals surface area (Å²) >= 11 is 0. The zero-order chi connectivity index (χ0) is 15.9. The van der Waals surface area contributed by atoms with E-state index in [1.165, 1.54) is 0 Å². The molecule has 1 aromatic heterocycles. The van der Waals surface area contributed by atoms with E-state index in [0.717, 1.165) is 31.6 Å². The van der Waals surface area contributed by atoms with Gasteiger partial charge in [0.05, 0.1) is 12.5 Å². The van der Waals surface area contributed by atoms with Crippen LogP contribution in [0.4, 0.5) is 11.6 Å². The van der Waals surface area contributed by atoms with Crippen LogP contribution in [0.1, 0.15) is 18.4 Å². The summed E-state index contributed by atoms with van der Waals surface area (Å²) in [6, 6.07) is 13.1. The number of rotatable bonds is 6. The van der Waals surface area contributed by atoms with Crippen molar-refractivity contribution in [3.05, 3.63) is 48.0 Å². The summed E-state index contributed by atoms with van der Waals surface area (Å²) in [4.78, 5) is 12.0. The fourth-order valence-electron chi connectivity index (χ4n) is 2.49. The maximum absolute atomic E-state index is 12.0. The van der Waals surface area contributed by atoms with E-state index in [1.807, 2.05) is 30.3 Å². The number of aromatic nitrogens is 2. The van der Waals surface area contributed by atoms with E-state index in [9.17, 15) is 4.79 Å². The van der Waals surface area contributed by atoms with E-state index >= 15 is 0 Å². The minimum Gasteiger partial charge on any atom is -0.376 e. The predicted octanol–water partition coefficient (Wildman–Crippen LogP) is 2.25. The Labute approximate surface area is 135 Å². The van der Waals surface area contributed by atoms with E-state index in [2.05, 4.69) is 20.8 Å². The molecule has 2 aromatic rings. The third-order valence-electron chi connectivity index (χ3n) is 3.67. The van der Waals surface area contributed by atoms with Gasteiger partial charge in [-0.3, -0.25) is 4.79 Å². The summed E-state index contributed by atoms with van der Waals surface area (Å²) in [5.41, 5.74) is 0.966. The molecule has 1 aliphatic heterocycles. The largest absolute Gasteiger partial charge is 0.376 e. The Hall–Kier alpha value is -2.47. The number of anilines is 2. The maximum atomic E-state index is 12.0. The minimum absolute atomic E-state index is 0.106. The Kier molecular flexibility index (Phi) is 5.16. The smallest absolute Gasteiger partial charge is 0.229 e. The summed E-state index contributed by atoms with van der Waals surface area (Å²) in [5.74, 6) is 1.03. The molecule has 120 valence electrons. The number of nitrogens with one attached hydrogen (secondary N) is 2. The van der Waals surface area contributed by atoms with Crippen molar-refractivity contribution < 1.29 is 9.53 Å². The topological polar surface area (TPSA) is 76.1 Å². The number of nitrogens with zero attached hydrogens (tertiary/aromatic N) is 2. The highest BCUT2D eigenvalue weighted by atomic mass is 16.5. The van der Waals surface area contributed by atoms with Crippen molar-refractivity contribution >= 4 is 17.5 Å². The lowest BCUT2D eigenvalue weighted by Crippen LogP contribution is -2.19. The summed E-state index contributed by atoms with van der Waals surface area (Å²) < 4.78 is 5.54.